The number of aromatic nitrogens is 2. The molecule has 1 aromatic heterocycles. The number of phenols is 1. The van der Waals surface area contributed by atoms with E-state index in [4.69, 9.17) is 0 Å². The van der Waals surface area contributed by atoms with Crippen LogP contribution in [0.3, 0.4) is 0 Å². The minimum atomic E-state index is -0.565. The Morgan fingerprint density at radius 1 is 1.33 bits per heavy atom. The molecule has 0 atom stereocenters. The Balaban J connectivity index is 1.93. The molecule has 0 saturated heterocycles. The van der Waals surface area contributed by atoms with Crippen LogP contribution in [0, 0.1) is 18.3 Å². The van der Waals surface area contributed by atoms with Crippen molar-refractivity contribution in [1.82, 2.24) is 9.97 Å². The zero-order chi connectivity index (χ0) is 19.4. The predicted octanol–water partition coefficient (Wildman–Crippen LogP) is 3.53. The minimum Gasteiger partial charge on any atom is -0.507 e. The van der Waals surface area contributed by atoms with Crippen LogP contribution in [0.2, 0.25) is 0 Å². The Hall–Kier alpha value is -3.44. The molecule has 3 rings (SSSR count). The molecule has 2 aromatic carbocycles. The van der Waals surface area contributed by atoms with Gasteiger partial charge in [-0.25, -0.2) is 10.4 Å². The molecule has 1 heterocycles. The fourth-order valence-corrected chi connectivity index (χ4v) is 2.74. The lowest BCUT2D eigenvalue weighted by molar-refractivity contribution is 0.474. The van der Waals surface area contributed by atoms with Crippen LogP contribution in [0.5, 0.6) is 5.75 Å². The van der Waals surface area contributed by atoms with Gasteiger partial charge in [0, 0.05) is 15.6 Å². The molecule has 27 heavy (non-hydrogen) atoms. The number of hydrogen-bond donors (Lipinski definition) is 3. The summed E-state index contributed by atoms with van der Waals surface area (Å²) >= 11 is 3.39. The third-order valence-electron chi connectivity index (χ3n) is 3.76. The minimum absolute atomic E-state index is 0.0733. The molecule has 0 aliphatic rings. The summed E-state index contributed by atoms with van der Waals surface area (Å²) < 4.78 is 0.831. The van der Waals surface area contributed by atoms with Crippen LogP contribution < -0.4 is 11.0 Å². The molecule has 0 aliphatic heterocycles. The summed E-state index contributed by atoms with van der Waals surface area (Å²) in [6.45, 7) is 1.86. The van der Waals surface area contributed by atoms with Crippen molar-refractivity contribution < 1.29 is 5.11 Å². The normalized spacial score (nSPS) is 10.7. The molecule has 134 valence electrons. The molecule has 7 nitrogen and oxygen atoms in total. The van der Waals surface area contributed by atoms with E-state index in [1.165, 1.54) is 6.21 Å². The Labute approximate surface area is 163 Å². The number of benzene rings is 2. The lowest BCUT2D eigenvalue weighted by Gasteiger charge is -2.06. The summed E-state index contributed by atoms with van der Waals surface area (Å²) in [5, 5.41) is 23.2. The van der Waals surface area contributed by atoms with Crippen LogP contribution in [0.4, 0.5) is 5.95 Å². The number of hydrogen-bond acceptors (Lipinski definition) is 6. The summed E-state index contributed by atoms with van der Waals surface area (Å²) in [6, 6.07) is 14.2. The average Bonchev–Trinajstić information content (AvgIpc) is 2.66. The maximum atomic E-state index is 12.2. The molecule has 0 radical (unpaired) electrons. The van der Waals surface area contributed by atoms with Crippen molar-refractivity contribution in [1.29, 1.82) is 5.26 Å². The van der Waals surface area contributed by atoms with E-state index in [1.54, 1.807) is 36.4 Å². The highest BCUT2D eigenvalue weighted by Gasteiger charge is 2.12. The van der Waals surface area contributed by atoms with Gasteiger partial charge in [0.2, 0.25) is 5.95 Å². The molecule has 0 unspecified atom stereocenters. The van der Waals surface area contributed by atoms with Crippen molar-refractivity contribution in [2.75, 3.05) is 5.43 Å². The summed E-state index contributed by atoms with van der Waals surface area (Å²) in [5.41, 5.74) is 4.27. The molecular weight excluding hydrogens is 410 g/mol. The number of nitrogens with zero attached hydrogens (tertiary/aromatic N) is 3. The highest BCUT2D eigenvalue weighted by atomic mass is 79.9. The first-order chi connectivity index (χ1) is 13.0. The van der Waals surface area contributed by atoms with Crippen LogP contribution in [0.25, 0.3) is 11.3 Å². The van der Waals surface area contributed by atoms with E-state index in [-0.39, 0.29) is 23.0 Å². The van der Waals surface area contributed by atoms with Crippen molar-refractivity contribution in [2.24, 2.45) is 5.10 Å². The van der Waals surface area contributed by atoms with Gasteiger partial charge in [-0.15, -0.1) is 0 Å². The van der Waals surface area contributed by atoms with E-state index in [0.717, 1.165) is 10.0 Å². The summed E-state index contributed by atoms with van der Waals surface area (Å²) in [7, 11) is 0. The SMILES string of the molecule is Cc1cc(O)c(C=NNc2nc(-c3ccccc3)c(C#N)c(=O)[nH]2)cc1Br. The van der Waals surface area contributed by atoms with Gasteiger partial charge in [-0.05, 0) is 24.6 Å². The average molecular weight is 424 g/mol. The third-order valence-corrected chi connectivity index (χ3v) is 4.61. The topological polar surface area (TPSA) is 114 Å². The Kier molecular flexibility index (Phi) is 5.33. The number of nitrogens with one attached hydrogen (secondary N) is 2. The molecule has 3 aromatic rings. The first-order valence-electron chi connectivity index (χ1n) is 7.87. The molecule has 0 aliphatic carbocycles. The van der Waals surface area contributed by atoms with E-state index in [1.807, 2.05) is 19.1 Å². The number of H-pyrrole nitrogens is 1. The first kappa shape index (κ1) is 18.4. The van der Waals surface area contributed by atoms with Crippen LogP contribution in [-0.2, 0) is 0 Å². The van der Waals surface area contributed by atoms with Crippen LogP contribution in [0.1, 0.15) is 16.7 Å². The first-order valence-corrected chi connectivity index (χ1v) is 8.67. The van der Waals surface area contributed by atoms with E-state index in [9.17, 15) is 15.2 Å². The fourth-order valence-electron chi connectivity index (χ4n) is 2.38. The number of halogens is 1. The summed E-state index contributed by atoms with van der Waals surface area (Å²) in [4.78, 5) is 18.9. The van der Waals surface area contributed by atoms with Gasteiger partial charge in [-0.2, -0.15) is 10.4 Å². The molecule has 0 amide bonds. The number of aromatic hydroxyl groups is 1. The Morgan fingerprint density at radius 2 is 2.07 bits per heavy atom. The van der Waals surface area contributed by atoms with Crippen molar-refractivity contribution in [3.63, 3.8) is 0 Å². The lowest BCUT2D eigenvalue weighted by atomic mass is 10.1. The Morgan fingerprint density at radius 3 is 2.78 bits per heavy atom. The highest BCUT2D eigenvalue weighted by molar-refractivity contribution is 9.10. The van der Waals surface area contributed by atoms with Gasteiger partial charge < -0.3 is 5.11 Å². The largest absolute Gasteiger partial charge is 0.507 e. The van der Waals surface area contributed by atoms with E-state index < -0.39 is 5.56 Å². The zero-order valence-corrected chi connectivity index (χ0v) is 15.8. The fraction of sp³-hybridized carbons (Fsp3) is 0.0526. The molecule has 3 N–H and O–H groups in total. The van der Waals surface area contributed by atoms with Gasteiger partial charge in [0.15, 0.2) is 0 Å². The van der Waals surface area contributed by atoms with E-state index in [2.05, 4.69) is 36.4 Å². The summed E-state index contributed by atoms with van der Waals surface area (Å²) in [6.07, 6.45) is 1.40. The number of anilines is 1. The van der Waals surface area contributed by atoms with E-state index >= 15 is 0 Å². The number of hydrazone groups is 1. The summed E-state index contributed by atoms with van der Waals surface area (Å²) in [5.74, 6) is 0.160. The Bertz CT molecular complexity index is 1120. The smallest absolute Gasteiger partial charge is 0.270 e. The highest BCUT2D eigenvalue weighted by Crippen LogP contribution is 2.25. The molecule has 0 spiro atoms. The number of aryl methyl sites for hydroxylation is 1. The molecular formula is C19H14BrN5O2. The molecule has 0 fully saturated rings. The van der Waals surface area contributed by atoms with Crippen molar-refractivity contribution in [3.05, 3.63) is 74.0 Å². The van der Waals surface area contributed by atoms with Crippen LogP contribution >= 0.6 is 15.9 Å². The van der Waals surface area contributed by atoms with Gasteiger partial charge in [0.1, 0.15) is 17.4 Å². The number of rotatable bonds is 4. The molecule has 0 saturated carbocycles. The third kappa shape index (κ3) is 4.04. The van der Waals surface area contributed by atoms with Crippen molar-refractivity contribution in [3.8, 4) is 23.1 Å². The van der Waals surface area contributed by atoms with Crippen LogP contribution in [0.15, 0.2) is 56.8 Å². The van der Waals surface area contributed by atoms with Gasteiger partial charge >= 0.3 is 0 Å². The molecule has 8 heteroatoms. The second-order valence-electron chi connectivity index (χ2n) is 5.65. The monoisotopic (exact) mass is 423 g/mol. The number of aromatic amines is 1. The number of nitriles is 1. The number of phenolic OH excluding ortho intramolecular Hbond substituents is 1. The van der Waals surface area contributed by atoms with Gasteiger partial charge in [0.05, 0.1) is 11.9 Å². The van der Waals surface area contributed by atoms with Gasteiger partial charge in [0.25, 0.3) is 5.56 Å². The standard InChI is InChI=1S/C19H14BrN5O2/c1-11-7-16(26)13(8-15(11)20)10-22-25-19-23-17(12-5-3-2-4-6-12)14(9-21)18(27)24-19/h2-8,10,26H,1H3,(H2,23,24,25,27). The van der Waals surface area contributed by atoms with Crippen LogP contribution in [-0.4, -0.2) is 21.3 Å². The quantitative estimate of drug-likeness (QED) is 0.438. The lowest BCUT2D eigenvalue weighted by Crippen LogP contribution is -2.16. The maximum Gasteiger partial charge on any atom is 0.270 e. The van der Waals surface area contributed by atoms with E-state index in [0.29, 0.717) is 11.1 Å². The zero-order valence-electron chi connectivity index (χ0n) is 14.2. The van der Waals surface area contributed by atoms with Crippen molar-refractivity contribution in [2.45, 2.75) is 6.92 Å². The van der Waals surface area contributed by atoms with Gasteiger partial charge in [-0.1, -0.05) is 46.3 Å². The predicted molar refractivity (Wildman–Crippen MR) is 107 cm³/mol. The van der Waals surface area contributed by atoms with Crippen molar-refractivity contribution >= 4 is 28.1 Å². The maximum absolute atomic E-state index is 12.2. The second-order valence-corrected chi connectivity index (χ2v) is 6.50. The molecule has 0 bridgehead atoms. The van der Waals surface area contributed by atoms with Gasteiger partial charge in [-0.3, -0.25) is 9.78 Å². The second kappa shape index (κ2) is 7.85.